The number of nitrogens with two attached hydrogens (primary N) is 1. The fourth-order valence-electron chi connectivity index (χ4n) is 1.34. The van der Waals surface area contributed by atoms with Crippen molar-refractivity contribution in [3.05, 3.63) is 0 Å². The molecule has 1 amide bonds. The number of rotatable bonds is 3. The van der Waals surface area contributed by atoms with Crippen molar-refractivity contribution in [2.24, 2.45) is 5.73 Å². The van der Waals surface area contributed by atoms with E-state index in [1.165, 1.54) is 0 Å². The van der Waals surface area contributed by atoms with Gasteiger partial charge in [-0.05, 0) is 26.2 Å². The zero-order valence-corrected chi connectivity index (χ0v) is 7.84. The van der Waals surface area contributed by atoms with Gasteiger partial charge in [-0.25, -0.2) is 0 Å². The number of nitrogens with one attached hydrogen (secondary N) is 1. The summed E-state index contributed by atoms with van der Waals surface area (Å²) in [6, 6.07) is 1.91. The van der Waals surface area contributed by atoms with Gasteiger partial charge in [-0.3, -0.25) is 4.79 Å². The van der Waals surface area contributed by atoms with Crippen LogP contribution in [0.5, 0.6) is 0 Å². The summed E-state index contributed by atoms with van der Waals surface area (Å²) in [6.07, 6.45) is 2.88. The Morgan fingerprint density at radius 3 is 2.77 bits per heavy atom. The highest BCUT2D eigenvalue weighted by atomic mass is 16.2. The molecule has 0 heterocycles. The molecule has 1 saturated carbocycles. The van der Waals surface area contributed by atoms with Crippen molar-refractivity contribution in [3.8, 4) is 6.07 Å². The first-order chi connectivity index (χ1) is 6.08. The Kier molecular flexibility index (Phi) is 2.89. The number of carbonyl (C=O) groups is 1. The van der Waals surface area contributed by atoms with Crippen LogP contribution in [0.4, 0.5) is 0 Å². The maximum absolute atomic E-state index is 11.5. The minimum absolute atomic E-state index is 0.0986. The van der Waals surface area contributed by atoms with E-state index >= 15 is 0 Å². The molecule has 1 aliphatic carbocycles. The minimum Gasteiger partial charge on any atom is -0.351 e. The van der Waals surface area contributed by atoms with E-state index in [4.69, 9.17) is 11.0 Å². The van der Waals surface area contributed by atoms with Crippen molar-refractivity contribution in [2.45, 2.75) is 44.2 Å². The number of nitrogens with zero attached hydrogens (tertiary/aromatic N) is 1. The number of carbonyl (C=O) groups excluding carboxylic acids is 1. The maximum Gasteiger partial charge on any atom is 0.240 e. The van der Waals surface area contributed by atoms with Gasteiger partial charge >= 0.3 is 0 Å². The average molecular weight is 181 g/mol. The second-order valence-electron chi connectivity index (χ2n) is 3.75. The summed E-state index contributed by atoms with van der Waals surface area (Å²) < 4.78 is 0. The van der Waals surface area contributed by atoms with Crippen LogP contribution in [-0.4, -0.2) is 17.5 Å². The lowest BCUT2D eigenvalue weighted by Crippen LogP contribution is -2.59. The van der Waals surface area contributed by atoms with Crippen molar-refractivity contribution in [1.82, 2.24) is 5.32 Å². The van der Waals surface area contributed by atoms with Crippen molar-refractivity contribution in [3.63, 3.8) is 0 Å². The second-order valence-corrected chi connectivity index (χ2v) is 3.75. The Bertz CT molecular complexity index is 240. The van der Waals surface area contributed by atoms with E-state index in [1.54, 1.807) is 0 Å². The Labute approximate surface area is 78.1 Å². The van der Waals surface area contributed by atoms with Crippen LogP contribution in [0.1, 0.15) is 32.6 Å². The van der Waals surface area contributed by atoms with Gasteiger partial charge in [-0.15, -0.1) is 0 Å². The number of hydrogen-bond donors (Lipinski definition) is 2. The molecule has 0 aromatic heterocycles. The van der Waals surface area contributed by atoms with Crippen molar-refractivity contribution in [2.75, 3.05) is 0 Å². The molecule has 0 bridgehead atoms. The van der Waals surface area contributed by atoms with E-state index in [0.717, 1.165) is 19.3 Å². The van der Waals surface area contributed by atoms with Gasteiger partial charge < -0.3 is 11.1 Å². The fraction of sp³-hybridized carbons (Fsp3) is 0.778. The predicted molar refractivity (Wildman–Crippen MR) is 48.6 cm³/mol. The summed E-state index contributed by atoms with van der Waals surface area (Å²) in [4.78, 5) is 11.5. The van der Waals surface area contributed by atoms with Gasteiger partial charge in [0, 0.05) is 6.04 Å². The highest BCUT2D eigenvalue weighted by Crippen LogP contribution is 2.29. The van der Waals surface area contributed by atoms with E-state index in [1.807, 2.05) is 13.0 Å². The Balaban J connectivity index is 2.37. The minimum atomic E-state index is -0.649. The van der Waals surface area contributed by atoms with Crippen molar-refractivity contribution in [1.29, 1.82) is 5.26 Å². The summed E-state index contributed by atoms with van der Waals surface area (Å²) in [7, 11) is 0. The normalized spacial score (nSPS) is 21.0. The lowest BCUT2D eigenvalue weighted by Gasteiger charge is -2.36. The van der Waals surface area contributed by atoms with Crippen LogP contribution < -0.4 is 11.1 Å². The molecule has 0 aromatic rings. The number of amides is 1. The Morgan fingerprint density at radius 2 is 2.38 bits per heavy atom. The SMILES string of the molecule is CC(CC#N)NC(=O)C1(N)CCC1. The zero-order chi connectivity index (χ0) is 9.90. The summed E-state index contributed by atoms with van der Waals surface area (Å²) in [5.74, 6) is -0.110. The largest absolute Gasteiger partial charge is 0.351 e. The van der Waals surface area contributed by atoms with E-state index in [2.05, 4.69) is 5.32 Å². The molecule has 1 atom stereocenters. The van der Waals surface area contributed by atoms with Gasteiger partial charge in [-0.1, -0.05) is 0 Å². The van der Waals surface area contributed by atoms with Crippen LogP contribution >= 0.6 is 0 Å². The molecule has 72 valence electrons. The van der Waals surface area contributed by atoms with Crippen LogP contribution in [0.25, 0.3) is 0 Å². The highest BCUT2D eigenvalue weighted by Gasteiger charge is 2.40. The van der Waals surface area contributed by atoms with Crippen LogP contribution in [0.3, 0.4) is 0 Å². The van der Waals surface area contributed by atoms with Gasteiger partial charge in [0.25, 0.3) is 0 Å². The smallest absolute Gasteiger partial charge is 0.240 e. The third-order valence-electron chi connectivity index (χ3n) is 2.47. The number of nitriles is 1. The molecule has 0 aromatic carbocycles. The molecule has 0 saturated heterocycles. The molecule has 1 aliphatic rings. The van der Waals surface area contributed by atoms with Crippen LogP contribution in [0.15, 0.2) is 0 Å². The maximum atomic E-state index is 11.5. The molecule has 1 unspecified atom stereocenters. The molecular formula is C9H15N3O. The topological polar surface area (TPSA) is 78.9 Å². The molecule has 4 nitrogen and oxygen atoms in total. The first kappa shape index (κ1) is 10.0. The second kappa shape index (κ2) is 3.75. The fourth-order valence-corrected chi connectivity index (χ4v) is 1.34. The quantitative estimate of drug-likeness (QED) is 0.656. The highest BCUT2D eigenvalue weighted by molar-refractivity contribution is 5.87. The summed E-state index contributed by atoms with van der Waals surface area (Å²) in [5.41, 5.74) is 5.15. The van der Waals surface area contributed by atoms with E-state index < -0.39 is 5.54 Å². The lowest BCUT2D eigenvalue weighted by atomic mass is 9.77. The average Bonchev–Trinajstić information content (AvgIpc) is 2.00. The standard InChI is InChI=1S/C9H15N3O/c1-7(3-6-10)12-8(13)9(11)4-2-5-9/h7H,2-5,11H2,1H3,(H,12,13). The van der Waals surface area contributed by atoms with Gasteiger partial charge in [-0.2, -0.15) is 5.26 Å². The summed E-state index contributed by atoms with van der Waals surface area (Å²) in [5, 5.41) is 11.1. The monoisotopic (exact) mass is 181 g/mol. The molecule has 0 spiro atoms. The zero-order valence-electron chi connectivity index (χ0n) is 7.84. The van der Waals surface area contributed by atoms with E-state index in [0.29, 0.717) is 6.42 Å². The molecular weight excluding hydrogens is 166 g/mol. The van der Waals surface area contributed by atoms with Gasteiger partial charge in [0.15, 0.2) is 0 Å². The molecule has 4 heteroatoms. The Morgan fingerprint density at radius 1 is 1.77 bits per heavy atom. The Hall–Kier alpha value is -1.08. The summed E-state index contributed by atoms with van der Waals surface area (Å²) in [6.45, 7) is 1.81. The van der Waals surface area contributed by atoms with Crippen molar-refractivity contribution >= 4 is 5.91 Å². The first-order valence-corrected chi connectivity index (χ1v) is 4.55. The third-order valence-corrected chi connectivity index (χ3v) is 2.47. The molecule has 3 N–H and O–H groups in total. The van der Waals surface area contributed by atoms with Gasteiger partial charge in [0.05, 0.1) is 18.0 Å². The van der Waals surface area contributed by atoms with Crippen LogP contribution in [-0.2, 0) is 4.79 Å². The summed E-state index contributed by atoms with van der Waals surface area (Å²) >= 11 is 0. The molecule has 0 radical (unpaired) electrons. The molecule has 1 fully saturated rings. The van der Waals surface area contributed by atoms with E-state index in [-0.39, 0.29) is 11.9 Å². The molecule has 1 rings (SSSR count). The lowest BCUT2D eigenvalue weighted by molar-refractivity contribution is -0.129. The van der Waals surface area contributed by atoms with E-state index in [9.17, 15) is 4.79 Å². The molecule has 0 aliphatic heterocycles. The first-order valence-electron chi connectivity index (χ1n) is 4.55. The van der Waals surface area contributed by atoms with Crippen molar-refractivity contribution < 1.29 is 4.79 Å². The molecule has 13 heavy (non-hydrogen) atoms. The van der Waals surface area contributed by atoms with Gasteiger partial charge in [0.2, 0.25) is 5.91 Å². The van der Waals surface area contributed by atoms with Gasteiger partial charge in [0.1, 0.15) is 0 Å². The predicted octanol–water partition coefficient (Wildman–Crippen LogP) is 0.286. The third kappa shape index (κ3) is 2.19. The van der Waals surface area contributed by atoms with Crippen LogP contribution in [0, 0.1) is 11.3 Å². The number of hydrogen-bond acceptors (Lipinski definition) is 3. The van der Waals surface area contributed by atoms with Crippen LogP contribution in [0.2, 0.25) is 0 Å².